The summed E-state index contributed by atoms with van der Waals surface area (Å²) in [6, 6.07) is 5.97. The first-order valence-electron chi connectivity index (χ1n) is 6.86. The summed E-state index contributed by atoms with van der Waals surface area (Å²) in [5, 5.41) is 4.53. The minimum absolute atomic E-state index is 0.708. The van der Waals surface area contributed by atoms with Crippen molar-refractivity contribution in [2.45, 2.75) is 25.3 Å². The lowest BCUT2D eigenvalue weighted by Gasteiger charge is -2.08. The predicted octanol–water partition coefficient (Wildman–Crippen LogP) is 1.65. The minimum Gasteiger partial charge on any atom is -0.493 e. The monoisotopic (exact) mass is 274 g/mol. The van der Waals surface area contributed by atoms with Crippen molar-refractivity contribution in [3.8, 4) is 11.5 Å². The van der Waals surface area contributed by atoms with Gasteiger partial charge in [0.05, 0.1) is 19.4 Å². The van der Waals surface area contributed by atoms with E-state index in [1.54, 1.807) is 14.2 Å². The van der Waals surface area contributed by atoms with Crippen LogP contribution in [-0.4, -0.2) is 24.1 Å². The third-order valence-electron chi connectivity index (χ3n) is 3.69. The summed E-state index contributed by atoms with van der Waals surface area (Å²) < 4.78 is 14.6. The summed E-state index contributed by atoms with van der Waals surface area (Å²) in [6.07, 6.45) is 4.72. The van der Waals surface area contributed by atoms with Crippen LogP contribution in [0.4, 0.5) is 0 Å². The molecule has 3 rings (SSSR count). The zero-order valence-corrected chi connectivity index (χ0v) is 12.2. The van der Waals surface area contributed by atoms with E-state index in [9.17, 15) is 0 Å². The van der Waals surface area contributed by atoms with Crippen molar-refractivity contribution in [2.75, 3.05) is 14.2 Å². The second-order valence-corrected chi connectivity index (χ2v) is 5.23. The van der Waals surface area contributed by atoms with Crippen LogP contribution in [0, 0.1) is 0 Å². The van der Waals surface area contributed by atoms with Gasteiger partial charge < -0.3 is 9.47 Å². The van der Waals surface area contributed by atoms with Gasteiger partial charge in [-0.15, -0.1) is 9.36 Å². The lowest BCUT2D eigenvalue weighted by Crippen LogP contribution is -2.36. The van der Waals surface area contributed by atoms with Crippen molar-refractivity contribution in [1.82, 2.24) is 9.90 Å². The van der Waals surface area contributed by atoms with Crippen molar-refractivity contribution < 1.29 is 14.2 Å². The molecule has 0 spiro atoms. The van der Waals surface area contributed by atoms with E-state index in [1.165, 1.54) is 18.5 Å². The van der Waals surface area contributed by atoms with Crippen molar-refractivity contribution in [3.05, 3.63) is 35.7 Å². The first-order valence-corrected chi connectivity index (χ1v) is 6.86. The molecule has 1 aliphatic carbocycles. The maximum absolute atomic E-state index is 5.33. The third-order valence-corrected chi connectivity index (χ3v) is 3.69. The van der Waals surface area contributed by atoms with Gasteiger partial charge in [-0.2, -0.15) is 0 Å². The zero-order valence-electron chi connectivity index (χ0n) is 12.2. The molecule has 2 aromatic rings. The number of aryl methyl sites for hydroxylation is 1. The molecule has 0 radical (unpaired) electrons. The second kappa shape index (κ2) is 5.15. The van der Waals surface area contributed by atoms with E-state index >= 15 is 0 Å². The standard InChI is InChI=1S/C15H20N3O2/c1-17-13(12-5-6-12)10-18(16-17)9-11-4-7-14(19-2)15(8-11)20-3/h4,7-8,10,12H,5-6,9H2,1-3H3/q+1. The highest BCUT2D eigenvalue weighted by Crippen LogP contribution is 2.38. The van der Waals surface area contributed by atoms with Gasteiger partial charge >= 0.3 is 0 Å². The Morgan fingerprint density at radius 1 is 1.25 bits per heavy atom. The van der Waals surface area contributed by atoms with Gasteiger partial charge in [-0.05, 0) is 30.5 Å². The second-order valence-electron chi connectivity index (χ2n) is 5.23. The molecule has 0 unspecified atom stereocenters. The molecular weight excluding hydrogens is 254 g/mol. The molecule has 1 aliphatic rings. The van der Waals surface area contributed by atoms with Gasteiger partial charge in [0, 0.05) is 5.92 Å². The number of hydrogen-bond donors (Lipinski definition) is 0. The highest BCUT2D eigenvalue weighted by atomic mass is 16.5. The van der Waals surface area contributed by atoms with Crippen molar-refractivity contribution in [1.29, 1.82) is 0 Å². The van der Waals surface area contributed by atoms with Crippen LogP contribution in [0.25, 0.3) is 0 Å². The molecule has 0 bridgehead atoms. The Balaban J connectivity index is 1.81. The van der Waals surface area contributed by atoms with E-state index in [0.29, 0.717) is 5.92 Å². The van der Waals surface area contributed by atoms with Gasteiger partial charge in [0.15, 0.2) is 23.4 Å². The quantitative estimate of drug-likeness (QED) is 0.778. The SMILES string of the molecule is COc1ccc(C[n+]2cc(C3CC3)n(C)n2)cc1OC. The summed E-state index contributed by atoms with van der Waals surface area (Å²) in [5.41, 5.74) is 2.47. The maximum atomic E-state index is 5.33. The Hall–Kier alpha value is -2.04. The average Bonchev–Trinajstić information content (AvgIpc) is 3.23. The van der Waals surface area contributed by atoms with Crippen LogP contribution >= 0.6 is 0 Å². The number of rotatable bonds is 5. The van der Waals surface area contributed by atoms with Gasteiger partial charge in [0.1, 0.15) is 13.6 Å². The lowest BCUT2D eigenvalue weighted by molar-refractivity contribution is -0.747. The number of nitrogens with zero attached hydrogens (tertiary/aromatic N) is 3. The largest absolute Gasteiger partial charge is 0.493 e. The lowest BCUT2D eigenvalue weighted by atomic mass is 10.2. The maximum Gasteiger partial charge on any atom is 0.170 e. The smallest absolute Gasteiger partial charge is 0.170 e. The molecule has 0 atom stereocenters. The molecule has 1 aromatic carbocycles. The van der Waals surface area contributed by atoms with Crippen LogP contribution in [0.15, 0.2) is 24.4 Å². The van der Waals surface area contributed by atoms with E-state index in [0.717, 1.165) is 23.6 Å². The fourth-order valence-corrected chi connectivity index (χ4v) is 2.48. The van der Waals surface area contributed by atoms with Crippen LogP contribution in [0.1, 0.15) is 30.0 Å². The van der Waals surface area contributed by atoms with E-state index in [4.69, 9.17) is 9.47 Å². The van der Waals surface area contributed by atoms with Gasteiger partial charge in [0.2, 0.25) is 0 Å². The van der Waals surface area contributed by atoms with Gasteiger partial charge in [-0.3, -0.25) is 0 Å². The molecule has 5 nitrogen and oxygen atoms in total. The zero-order chi connectivity index (χ0) is 14.1. The molecule has 0 amide bonds. The average molecular weight is 274 g/mol. The van der Waals surface area contributed by atoms with E-state index < -0.39 is 0 Å². The van der Waals surface area contributed by atoms with E-state index in [2.05, 4.69) is 11.4 Å². The summed E-state index contributed by atoms with van der Waals surface area (Å²) in [6.45, 7) is 0.737. The molecule has 1 saturated carbocycles. The highest BCUT2D eigenvalue weighted by molar-refractivity contribution is 5.42. The topological polar surface area (TPSA) is 40.2 Å². The number of methoxy groups -OCH3 is 2. The molecule has 1 aromatic heterocycles. The molecule has 106 valence electrons. The Kier molecular flexibility index (Phi) is 3.34. The van der Waals surface area contributed by atoms with Gasteiger partial charge in [0.25, 0.3) is 0 Å². The molecule has 1 fully saturated rings. The first-order chi connectivity index (χ1) is 9.71. The molecule has 0 aliphatic heterocycles. The Bertz CT molecular complexity index is 618. The van der Waals surface area contributed by atoms with Gasteiger partial charge in [-0.25, -0.2) is 0 Å². The van der Waals surface area contributed by atoms with Crippen LogP contribution in [0.5, 0.6) is 11.5 Å². The molecule has 0 saturated heterocycles. The van der Waals surface area contributed by atoms with Crippen LogP contribution in [0.3, 0.4) is 0 Å². The molecule has 0 N–H and O–H groups in total. The predicted molar refractivity (Wildman–Crippen MR) is 74.0 cm³/mol. The molecule has 20 heavy (non-hydrogen) atoms. The van der Waals surface area contributed by atoms with Crippen molar-refractivity contribution >= 4 is 0 Å². The summed E-state index contributed by atoms with van der Waals surface area (Å²) in [5.74, 6) is 2.21. The van der Waals surface area contributed by atoms with E-state index in [-0.39, 0.29) is 0 Å². The normalized spacial score (nSPS) is 14.3. The van der Waals surface area contributed by atoms with Crippen molar-refractivity contribution in [2.24, 2.45) is 7.05 Å². The Morgan fingerprint density at radius 2 is 2.00 bits per heavy atom. The number of benzene rings is 1. The minimum atomic E-state index is 0.708. The summed E-state index contributed by atoms with van der Waals surface area (Å²) >= 11 is 0. The van der Waals surface area contributed by atoms with Crippen LogP contribution < -0.4 is 14.2 Å². The highest BCUT2D eigenvalue weighted by Gasteiger charge is 2.31. The third kappa shape index (κ3) is 2.48. The number of aromatic nitrogens is 3. The van der Waals surface area contributed by atoms with Crippen LogP contribution in [-0.2, 0) is 13.6 Å². The molecule has 1 heterocycles. The fourth-order valence-electron chi connectivity index (χ4n) is 2.48. The fraction of sp³-hybridized carbons (Fsp3) is 0.467. The molecular formula is C15H20N3O2+. The van der Waals surface area contributed by atoms with Crippen molar-refractivity contribution in [3.63, 3.8) is 0 Å². The summed E-state index contributed by atoms with van der Waals surface area (Å²) in [7, 11) is 5.31. The van der Waals surface area contributed by atoms with Crippen LogP contribution in [0.2, 0.25) is 0 Å². The molecule has 5 heteroatoms. The Morgan fingerprint density at radius 3 is 2.65 bits per heavy atom. The van der Waals surface area contributed by atoms with Gasteiger partial charge in [-0.1, -0.05) is 6.07 Å². The Labute approximate surface area is 118 Å². The first kappa shape index (κ1) is 13.0. The number of hydrogen-bond acceptors (Lipinski definition) is 3. The number of ether oxygens (including phenoxy) is 2. The van der Waals surface area contributed by atoms with E-state index in [1.807, 2.05) is 34.6 Å². The summed E-state index contributed by atoms with van der Waals surface area (Å²) in [4.78, 5) is 0.